The number of carboxylic acids is 1. The van der Waals surface area contributed by atoms with Gasteiger partial charge in [0.1, 0.15) is 12.3 Å². The van der Waals surface area contributed by atoms with E-state index in [1.807, 2.05) is 38.1 Å². The van der Waals surface area contributed by atoms with Gasteiger partial charge in [0.25, 0.3) is 0 Å². The van der Waals surface area contributed by atoms with Crippen LogP contribution >= 0.6 is 11.6 Å². The van der Waals surface area contributed by atoms with Crippen molar-refractivity contribution in [2.24, 2.45) is 0 Å². The quantitative estimate of drug-likeness (QED) is 0.424. The second-order valence-corrected chi connectivity index (χ2v) is 9.05. The van der Waals surface area contributed by atoms with E-state index in [-0.39, 0.29) is 23.5 Å². The van der Waals surface area contributed by atoms with Crippen LogP contribution in [0, 0.1) is 0 Å². The first-order valence-electron chi connectivity index (χ1n) is 11.6. The molecule has 0 bridgehead atoms. The molecule has 1 atom stereocenters. The van der Waals surface area contributed by atoms with Crippen LogP contribution in [0.15, 0.2) is 54.7 Å². The summed E-state index contributed by atoms with van der Waals surface area (Å²) in [5.74, 6) is 0.126. The van der Waals surface area contributed by atoms with E-state index in [0.717, 1.165) is 23.1 Å². The fourth-order valence-corrected chi connectivity index (χ4v) is 4.45. The van der Waals surface area contributed by atoms with Gasteiger partial charge in [-0.1, -0.05) is 42.8 Å². The number of pyridine rings is 1. The lowest BCUT2D eigenvalue weighted by molar-refractivity contribution is -0.880. The summed E-state index contributed by atoms with van der Waals surface area (Å²) in [5, 5.41) is 9.46. The number of ether oxygens (including phenoxy) is 2. The number of fused-ring (bicyclic) bond motifs is 1. The van der Waals surface area contributed by atoms with Gasteiger partial charge < -0.3 is 14.6 Å². The number of carbonyl (C=O) groups excluding carboxylic acids is 1. The third-order valence-corrected chi connectivity index (χ3v) is 6.46. The Labute approximate surface area is 209 Å². The molecule has 1 aliphatic heterocycles. The van der Waals surface area contributed by atoms with Gasteiger partial charge in [-0.3, -0.25) is 4.79 Å². The molecule has 4 rings (SSSR count). The highest BCUT2D eigenvalue weighted by Gasteiger charge is 2.42. The highest BCUT2D eigenvalue weighted by atomic mass is 35.5. The Hall–Kier alpha value is -3.42. The molecule has 1 amide bonds. The number of quaternary nitrogens is 1. The summed E-state index contributed by atoms with van der Waals surface area (Å²) in [4.78, 5) is 29.3. The van der Waals surface area contributed by atoms with Gasteiger partial charge >= 0.3 is 11.9 Å². The molecular weight excluding hydrogens is 468 g/mol. The van der Waals surface area contributed by atoms with E-state index in [0.29, 0.717) is 47.5 Å². The molecule has 0 saturated heterocycles. The SMILES string of the molecule is CCCOc1ccc(C(=O)[N+]2(CC)COc3ncc(-c4cccc(CC(=O)O)c4)cc3C2)c(Cl)c1. The molecule has 0 fully saturated rings. The topological polar surface area (TPSA) is 85.7 Å². The van der Waals surface area contributed by atoms with E-state index in [2.05, 4.69) is 4.98 Å². The Kier molecular flexibility index (Phi) is 7.38. The monoisotopic (exact) mass is 495 g/mol. The van der Waals surface area contributed by atoms with Gasteiger partial charge in [0, 0.05) is 11.8 Å². The van der Waals surface area contributed by atoms with Crippen LogP contribution in [0.5, 0.6) is 11.6 Å². The molecule has 0 spiro atoms. The van der Waals surface area contributed by atoms with Gasteiger partial charge in [-0.05, 0) is 48.7 Å². The van der Waals surface area contributed by atoms with Crippen molar-refractivity contribution in [1.82, 2.24) is 4.98 Å². The summed E-state index contributed by atoms with van der Waals surface area (Å²) in [6, 6.07) is 14.5. The molecule has 8 heteroatoms. The number of benzene rings is 2. The number of hydrogen-bond donors (Lipinski definition) is 1. The second-order valence-electron chi connectivity index (χ2n) is 8.65. The minimum absolute atomic E-state index is 0.0477. The molecule has 1 N–H and O–H groups in total. The van der Waals surface area contributed by atoms with Crippen molar-refractivity contribution in [3.05, 3.63) is 76.4 Å². The van der Waals surface area contributed by atoms with Crippen LogP contribution in [-0.4, -0.2) is 46.3 Å². The fourth-order valence-electron chi connectivity index (χ4n) is 4.20. The number of carbonyl (C=O) groups is 2. The third-order valence-electron chi connectivity index (χ3n) is 6.14. The lowest BCUT2D eigenvalue weighted by Crippen LogP contribution is -2.56. The molecule has 2 aromatic carbocycles. The van der Waals surface area contributed by atoms with Crippen LogP contribution in [0.25, 0.3) is 11.1 Å². The lowest BCUT2D eigenvalue weighted by Gasteiger charge is -2.37. The predicted molar refractivity (Wildman–Crippen MR) is 133 cm³/mol. The highest BCUT2D eigenvalue weighted by Crippen LogP contribution is 2.34. The van der Waals surface area contributed by atoms with Crippen molar-refractivity contribution in [1.29, 1.82) is 0 Å². The molecular formula is C27H28ClN2O5+. The Morgan fingerprint density at radius 1 is 1.14 bits per heavy atom. The molecule has 0 radical (unpaired) electrons. The number of amides is 1. The van der Waals surface area contributed by atoms with E-state index in [4.69, 9.17) is 26.2 Å². The maximum Gasteiger partial charge on any atom is 0.350 e. The minimum atomic E-state index is -0.883. The zero-order valence-corrected chi connectivity index (χ0v) is 20.5. The van der Waals surface area contributed by atoms with E-state index < -0.39 is 5.97 Å². The highest BCUT2D eigenvalue weighted by molar-refractivity contribution is 6.33. The summed E-state index contributed by atoms with van der Waals surface area (Å²) in [7, 11) is 0. The summed E-state index contributed by atoms with van der Waals surface area (Å²) in [6.07, 6.45) is 2.53. The van der Waals surface area contributed by atoms with Gasteiger partial charge in [0.15, 0.2) is 0 Å². The van der Waals surface area contributed by atoms with E-state index >= 15 is 0 Å². The van der Waals surface area contributed by atoms with Gasteiger partial charge in [0.2, 0.25) is 12.6 Å². The largest absolute Gasteiger partial charge is 0.494 e. The van der Waals surface area contributed by atoms with Crippen LogP contribution in [0.4, 0.5) is 0 Å². The Balaban J connectivity index is 1.62. The van der Waals surface area contributed by atoms with Crippen LogP contribution in [0.2, 0.25) is 5.02 Å². The van der Waals surface area contributed by atoms with Crippen molar-refractivity contribution >= 4 is 23.5 Å². The number of nitrogens with zero attached hydrogens (tertiary/aromatic N) is 2. The Morgan fingerprint density at radius 3 is 2.69 bits per heavy atom. The Bertz CT molecular complexity index is 1260. The third kappa shape index (κ3) is 5.31. The van der Waals surface area contributed by atoms with Crippen LogP contribution in [-0.2, 0) is 17.8 Å². The van der Waals surface area contributed by atoms with Crippen LogP contribution in [0.1, 0.15) is 41.8 Å². The first-order chi connectivity index (χ1) is 16.8. The molecule has 1 unspecified atom stereocenters. The normalized spacial score (nSPS) is 16.8. The summed E-state index contributed by atoms with van der Waals surface area (Å²) in [5.41, 5.74) is 3.63. The number of carboxylic acid groups (broad SMARTS) is 1. The summed E-state index contributed by atoms with van der Waals surface area (Å²) in [6.45, 7) is 5.64. The lowest BCUT2D eigenvalue weighted by atomic mass is 10.0. The number of hydrogen-bond acceptors (Lipinski definition) is 5. The average molecular weight is 496 g/mol. The molecule has 2 heterocycles. The fraction of sp³-hybridized carbons (Fsp3) is 0.296. The number of aromatic nitrogens is 1. The molecule has 7 nitrogen and oxygen atoms in total. The first kappa shape index (κ1) is 24.7. The van der Waals surface area contributed by atoms with Crippen molar-refractivity contribution < 1.29 is 28.7 Å². The molecule has 182 valence electrons. The number of halogens is 1. The standard InChI is InChI=1S/C27H27ClN2O5/c1-3-10-34-22-8-9-23(24(28)14-22)27(33)30(4-2)16-21-13-20(15-29-26(21)35-17-30)19-7-5-6-18(11-19)12-25(31)32/h5-9,11,13-15H,3-4,10,12,16-17H2,1-2H3/p+1. The van der Waals surface area contributed by atoms with Crippen molar-refractivity contribution in [2.45, 2.75) is 33.2 Å². The number of aliphatic carboxylic acids is 1. The number of rotatable bonds is 8. The van der Waals surface area contributed by atoms with Gasteiger partial charge in [-0.15, -0.1) is 0 Å². The van der Waals surface area contributed by atoms with Crippen molar-refractivity contribution in [3.63, 3.8) is 0 Å². The van der Waals surface area contributed by atoms with Gasteiger partial charge in [0.05, 0.1) is 35.7 Å². The van der Waals surface area contributed by atoms with Crippen LogP contribution in [0.3, 0.4) is 0 Å². The predicted octanol–water partition coefficient (Wildman–Crippen LogP) is 5.34. The van der Waals surface area contributed by atoms with Crippen LogP contribution < -0.4 is 9.47 Å². The zero-order valence-electron chi connectivity index (χ0n) is 19.8. The molecule has 0 saturated carbocycles. The zero-order chi connectivity index (χ0) is 25.0. The molecule has 1 aromatic heterocycles. The molecule has 1 aliphatic rings. The minimum Gasteiger partial charge on any atom is -0.494 e. The van der Waals surface area contributed by atoms with Gasteiger partial charge in [-0.25, -0.2) is 14.3 Å². The maximum atomic E-state index is 13.7. The van der Waals surface area contributed by atoms with Crippen molar-refractivity contribution in [2.75, 3.05) is 19.9 Å². The summed E-state index contributed by atoms with van der Waals surface area (Å²) < 4.78 is 11.6. The maximum absolute atomic E-state index is 13.7. The first-order valence-corrected chi connectivity index (χ1v) is 12.0. The summed E-state index contributed by atoms with van der Waals surface area (Å²) >= 11 is 6.49. The smallest absolute Gasteiger partial charge is 0.350 e. The molecule has 35 heavy (non-hydrogen) atoms. The van der Waals surface area contributed by atoms with Gasteiger partial charge in [-0.2, -0.15) is 0 Å². The average Bonchev–Trinajstić information content (AvgIpc) is 2.86. The second kappa shape index (κ2) is 10.5. The van der Waals surface area contributed by atoms with E-state index in [9.17, 15) is 9.59 Å². The van der Waals surface area contributed by atoms with Crippen molar-refractivity contribution in [3.8, 4) is 22.8 Å². The van der Waals surface area contributed by atoms with E-state index in [1.54, 1.807) is 30.5 Å². The van der Waals surface area contributed by atoms with E-state index in [1.165, 1.54) is 0 Å². The molecule has 3 aromatic rings. The molecule has 0 aliphatic carbocycles. The Morgan fingerprint density at radius 2 is 1.97 bits per heavy atom.